The van der Waals surface area contributed by atoms with Gasteiger partial charge in [0.1, 0.15) is 12.4 Å². The number of carbonyl (C=O) groups is 2. The molecule has 0 aliphatic heterocycles. The third-order valence-corrected chi connectivity index (χ3v) is 9.03. The van der Waals surface area contributed by atoms with Crippen molar-refractivity contribution in [1.29, 1.82) is 0 Å². The van der Waals surface area contributed by atoms with Gasteiger partial charge in [-0.05, 0) is 79.4 Å². The van der Waals surface area contributed by atoms with E-state index in [-0.39, 0.29) is 23.7 Å². The Morgan fingerprint density at radius 3 is 2.54 bits per heavy atom. The zero-order valence-electron chi connectivity index (χ0n) is 15.2. The summed E-state index contributed by atoms with van der Waals surface area (Å²) in [6.45, 7) is 4.51. The molecule has 0 heterocycles. The Labute approximate surface area is 145 Å². The van der Waals surface area contributed by atoms with Crippen LogP contribution in [0.5, 0.6) is 0 Å². The minimum Gasteiger partial charge on any atom is -0.389 e. The SMILES string of the molecule is C[C@]12CC[C@H]3[C@@H](CCC4CC(=O)CC[C@@]43C)[C@@H]1CC[C@@H]2C(=O)CO. The fraction of sp³-hybridized carbons (Fsp3) is 0.905. The number of fused-ring (bicyclic) bond motifs is 5. The van der Waals surface area contributed by atoms with E-state index in [1.54, 1.807) is 0 Å². The summed E-state index contributed by atoms with van der Waals surface area (Å²) in [4.78, 5) is 24.2. The molecule has 0 radical (unpaired) electrons. The molecular weight excluding hydrogens is 300 g/mol. The smallest absolute Gasteiger partial charge is 0.161 e. The van der Waals surface area contributed by atoms with E-state index in [0.29, 0.717) is 23.0 Å². The Hall–Kier alpha value is -0.700. The first-order valence-corrected chi connectivity index (χ1v) is 10.1. The fourth-order valence-corrected chi connectivity index (χ4v) is 7.68. The largest absolute Gasteiger partial charge is 0.389 e. The first kappa shape index (κ1) is 16.8. The third-order valence-electron chi connectivity index (χ3n) is 9.03. The standard InChI is InChI=1S/C21H32O3/c1-20-9-7-14(23)11-13(20)3-4-15-16-5-6-18(19(24)12-22)21(16,2)10-8-17(15)20/h13,15-18,22H,3-12H2,1-2H3/t13?,15-,16-,17-,18+,20-,21-/m0/s1. The molecule has 24 heavy (non-hydrogen) atoms. The Morgan fingerprint density at radius 1 is 1.04 bits per heavy atom. The van der Waals surface area contributed by atoms with Crippen LogP contribution in [0.4, 0.5) is 0 Å². The van der Waals surface area contributed by atoms with Gasteiger partial charge in [0.15, 0.2) is 5.78 Å². The molecule has 1 N–H and O–H groups in total. The van der Waals surface area contributed by atoms with E-state index in [0.717, 1.165) is 50.4 Å². The van der Waals surface area contributed by atoms with Gasteiger partial charge in [-0.15, -0.1) is 0 Å². The molecule has 0 aromatic rings. The summed E-state index contributed by atoms with van der Waals surface area (Å²) in [6, 6.07) is 0. The van der Waals surface area contributed by atoms with Crippen molar-refractivity contribution in [3.63, 3.8) is 0 Å². The number of carbonyl (C=O) groups excluding carboxylic acids is 2. The lowest BCUT2D eigenvalue weighted by Crippen LogP contribution is -2.54. The summed E-state index contributed by atoms with van der Waals surface area (Å²) in [5.41, 5.74) is 0.450. The highest BCUT2D eigenvalue weighted by atomic mass is 16.3. The van der Waals surface area contributed by atoms with Gasteiger partial charge < -0.3 is 5.11 Å². The Bertz CT molecular complexity index is 555. The van der Waals surface area contributed by atoms with E-state index in [1.165, 1.54) is 19.3 Å². The summed E-state index contributed by atoms with van der Waals surface area (Å²) >= 11 is 0. The van der Waals surface area contributed by atoms with Gasteiger partial charge in [-0.1, -0.05) is 13.8 Å². The van der Waals surface area contributed by atoms with Crippen LogP contribution in [0, 0.1) is 40.4 Å². The van der Waals surface area contributed by atoms with Crippen molar-refractivity contribution in [2.75, 3.05) is 6.61 Å². The summed E-state index contributed by atoms with van der Waals surface area (Å²) in [5.74, 6) is 3.34. The molecule has 3 nitrogen and oxygen atoms in total. The zero-order chi connectivity index (χ0) is 17.1. The molecule has 0 aromatic heterocycles. The van der Waals surface area contributed by atoms with Crippen molar-refractivity contribution >= 4 is 11.6 Å². The van der Waals surface area contributed by atoms with Crippen LogP contribution < -0.4 is 0 Å². The molecule has 0 spiro atoms. The fourth-order valence-electron chi connectivity index (χ4n) is 7.68. The van der Waals surface area contributed by atoms with Crippen molar-refractivity contribution < 1.29 is 14.7 Å². The summed E-state index contributed by atoms with van der Waals surface area (Å²) < 4.78 is 0. The quantitative estimate of drug-likeness (QED) is 0.837. The average Bonchev–Trinajstić information content (AvgIpc) is 2.92. The first-order valence-electron chi connectivity index (χ1n) is 10.1. The van der Waals surface area contributed by atoms with Gasteiger partial charge in [-0.3, -0.25) is 9.59 Å². The number of rotatable bonds is 2. The van der Waals surface area contributed by atoms with E-state index >= 15 is 0 Å². The van der Waals surface area contributed by atoms with E-state index in [1.807, 2.05) is 0 Å². The van der Waals surface area contributed by atoms with Crippen LogP contribution in [0.2, 0.25) is 0 Å². The van der Waals surface area contributed by atoms with Gasteiger partial charge in [-0.25, -0.2) is 0 Å². The summed E-state index contributed by atoms with van der Waals surface area (Å²) in [5, 5.41) is 9.37. The van der Waals surface area contributed by atoms with Crippen molar-refractivity contribution in [2.45, 2.75) is 71.6 Å². The van der Waals surface area contributed by atoms with E-state index in [2.05, 4.69) is 13.8 Å². The van der Waals surface area contributed by atoms with Crippen molar-refractivity contribution in [1.82, 2.24) is 0 Å². The molecule has 7 atom stereocenters. The van der Waals surface area contributed by atoms with Gasteiger partial charge in [0.2, 0.25) is 0 Å². The Balaban J connectivity index is 1.61. The van der Waals surface area contributed by atoms with E-state index in [4.69, 9.17) is 0 Å². The molecule has 4 aliphatic rings. The summed E-state index contributed by atoms with van der Waals surface area (Å²) in [7, 11) is 0. The van der Waals surface area contributed by atoms with Crippen LogP contribution in [-0.2, 0) is 9.59 Å². The topological polar surface area (TPSA) is 54.4 Å². The monoisotopic (exact) mass is 332 g/mol. The van der Waals surface area contributed by atoms with Crippen LogP contribution in [0.1, 0.15) is 71.6 Å². The molecule has 4 saturated carbocycles. The summed E-state index contributed by atoms with van der Waals surface area (Å²) in [6.07, 6.45) is 9.61. The van der Waals surface area contributed by atoms with Crippen molar-refractivity contribution in [3.05, 3.63) is 0 Å². The third kappa shape index (κ3) is 2.19. The van der Waals surface area contributed by atoms with Gasteiger partial charge in [0.05, 0.1) is 0 Å². The number of hydrogen-bond acceptors (Lipinski definition) is 3. The molecule has 3 heteroatoms. The average molecular weight is 332 g/mol. The maximum atomic E-state index is 12.3. The van der Waals surface area contributed by atoms with Crippen LogP contribution >= 0.6 is 0 Å². The lowest BCUT2D eigenvalue weighted by molar-refractivity contribution is -0.144. The second kappa shape index (κ2) is 5.65. The molecule has 4 fully saturated rings. The lowest BCUT2D eigenvalue weighted by atomic mass is 9.44. The minimum absolute atomic E-state index is 0.0709. The molecular formula is C21H32O3. The second-order valence-electron chi connectivity index (χ2n) is 9.70. The molecule has 134 valence electrons. The molecule has 0 aromatic carbocycles. The molecule has 0 amide bonds. The van der Waals surface area contributed by atoms with Crippen LogP contribution in [0.25, 0.3) is 0 Å². The minimum atomic E-state index is -0.289. The highest BCUT2D eigenvalue weighted by Crippen LogP contribution is 2.67. The van der Waals surface area contributed by atoms with Gasteiger partial charge in [0.25, 0.3) is 0 Å². The number of hydrogen-bond donors (Lipinski definition) is 1. The maximum absolute atomic E-state index is 12.3. The Kier molecular flexibility index (Phi) is 3.95. The van der Waals surface area contributed by atoms with Crippen LogP contribution in [-0.4, -0.2) is 23.3 Å². The second-order valence-corrected chi connectivity index (χ2v) is 9.70. The van der Waals surface area contributed by atoms with Gasteiger partial charge in [0, 0.05) is 18.8 Å². The highest BCUT2D eigenvalue weighted by molar-refractivity contribution is 5.83. The molecule has 4 aliphatic carbocycles. The number of aliphatic hydroxyl groups excluding tert-OH is 1. The number of aliphatic hydroxyl groups is 1. The molecule has 4 rings (SSSR count). The van der Waals surface area contributed by atoms with Crippen molar-refractivity contribution in [3.8, 4) is 0 Å². The maximum Gasteiger partial charge on any atom is 0.161 e. The molecule has 1 unspecified atom stereocenters. The lowest BCUT2D eigenvalue weighted by Gasteiger charge is -2.60. The Morgan fingerprint density at radius 2 is 1.79 bits per heavy atom. The van der Waals surface area contributed by atoms with Gasteiger partial charge >= 0.3 is 0 Å². The van der Waals surface area contributed by atoms with Gasteiger partial charge in [-0.2, -0.15) is 0 Å². The number of Topliss-reactive ketones (excluding diaryl/α,β-unsaturated/α-hetero) is 2. The van der Waals surface area contributed by atoms with Crippen LogP contribution in [0.3, 0.4) is 0 Å². The van der Waals surface area contributed by atoms with E-state index < -0.39 is 0 Å². The number of ketones is 2. The van der Waals surface area contributed by atoms with Crippen LogP contribution in [0.15, 0.2) is 0 Å². The predicted octanol–water partition coefficient (Wildman–Crippen LogP) is 3.78. The zero-order valence-corrected chi connectivity index (χ0v) is 15.2. The highest BCUT2D eigenvalue weighted by Gasteiger charge is 2.60. The first-order chi connectivity index (χ1) is 11.4. The van der Waals surface area contributed by atoms with Crippen molar-refractivity contribution in [2.24, 2.45) is 40.4 Å². The predicted molar refractivity (Wildman–Crippen MR) is 92.3 cm³/mol. The molecule has 0 saturated heterocycles. The van der Waals surface area contributed by atoms with E-state index in [9.17, 15) is 14.7 Å². The molecule has 0 bridgehead atoms. The normalized spacial score (nSPS) is 50.8.